The van der Waals surface area contributed by atoms with Crippen molar-refractivity contribution in [1.29, 1.82) is 0 Å². The third-order valence-corrected chi connectivity index (χ3v) is 5.85. The van der Waals surface area contributed by atoms with Crippen LogP contribution in [0, 0.1) is 23.7 Å². The van der Waals surface area contributed by atoms with Crippen LogP contribution in [0.2, 0.25) is 0 Å². The largest absolute Gasteiger partial charge is 0.0651 e. The Morgan fingerprint density at radius 1 is 0.526 bits per heavy atom. The molecule has 114 valence electrons. The van der Waals surface area contributed by atoms with Crippen molar-refractivity contribution in [3.63, 3.8) is 0 Å². The second kappa shape index (κ2) is 9.83. The van der Waals surface area contributed by atoms with Gasteiger partial charge in [0.1, 0.15) is 0 Å². The first-order valence-corrected chi connectivity index (χ1v) is 9.23. The van der Waals surface area contributed by atoms with Gasteiger partial charge in [-0.2, -0.15) is 0 Å². The van der Waals surface area contributed by atoms with Gasteiger partial charge in [0.15, 0.2) is 0 Å². The van der Waals surface area contributed by atoms with Gasteiger partial charge in [0.25, 0.3) is 0 Å². The lowest BCUT2D eigenvalue weighted by atomic mass is 9.79. The van der Waals surface area contributed by atoms with Crippen molar-refractivity contribution in [3.05, 3.63) is 0 Å². The average molecular weight is 267 g/mol. The van der Waals surface area contributed by atoms with E-state index in [4.69, 9.17) is 0 Å². The Bertz CT molecular complexity index is 188. The van der Waals surface area contributed by atoms with E-state index in [1.807, 2.05) is 0 Å². The molecule has 2 saturated carbocycles. The molecule has 4 atom stereocenters. The van der Waals surface area contributed by atoms with Crippen molar-refractivity contribution in [1.82, 2.24) is 0 Å². The summed E-state index contributed by atoms with van der Waals surface area (Å²) in [7, 11) is 0. The van der Waals surface area contributed by atoms with Crippen LogP contribution >= 0.6 is 0 Å². The molecule has 2 fully saturated rings. The van der Waals surface area contributed by atoms with Crippen LogP contribution in [0.3, 0.4) is 0 Å². The molecule has 0 amide bonds. The first-order valence-electron chi connectivity index (χ1n) is 9.23. The van der Waals surface area contributed by atoms with Crippen molar-refractivity contribution < 1.29 is 0 Å². The van der Waals surface area contributed by atoms with Crippen LogP contribution in [0.25, 0.3) is 0 Å². The highest BCUT2D eigenvalue weighted by atomic mass is 14.3. The molecule has 0 N–H and O–H groups in total. The van der Waals surface area contributed by atoms with Gasteiger partial charge in [0, 0.05) is 0 Å². The van der Waals surface area contributed by atoms with Gasteiger partial charge in [-0.1, -0.05) is 85.5 Å². The molecule has 0 aliphatic heterocycles. The second-order valence-electron chi connectivity index (χ2n) is 7.08. The van der Waals surface area contributed by atoms with Crippen molar-refractivity contribution in [2.75, 3.05) is 0 Å². The third kappa shape index (κ3) is 6.32. The molecular formula is C19H38. The maximum atomic E-state index is 2.34. The maximum Gasteiger partial charge on any atom is -0.0414 e. The summed E-state index contributed by atoms with van der Waals surface area (Å²) in [4.78, 5) is 0. The van der Waals surface area contributed by atoms with Crippen molar-refractivity contribution >= 4 is 0 Å². The molecule has 0 saturated heterocycles. The molecule has 19 heavy (non-hydrogen) atoms. The molecule has 2 aliphatic rings. The third-order valence-electron chi connectivity index (χ3n) is 5.85. The molecule has 2 aliphatic carbocycles. The molecule has 0 aromatic heterocycles. The Balaban J connectivity index is 0.000000191. The van der Waals surface area contributed by atoms with Crippen LogP contribution in [0.5, 0.6) is 0 Å². The van der Waals surface area contributed by atoms with Crippen molar-refractivity contribution in [3.8, 4) is 0 Å². The molecule has 0 aromatic carbocycles. The monoisotopic (exact) mass is 266 g/mol. The van der Waals surface area contributed by atoms with E-state index in [1.54, 1.807) is 0 Å². The van der Waals surface area contributed by atoms with Gasteiger partial charge in [0.05, 0.1) is 0 Å². The molecule has 0 nitrogen and oxygen atoms in total. The molecular weight excluding hydrogens is 228 g/mol. The Labute approximate surface area is 122 Å². The lowest BCUT2D eigenvalue weighted by molar-refractivity contribution is 0.255. The molecule has 0 heterocycles. The lowest BCUT2D eigenvalue weighted by Crippen LogP contribution is -2.13. The fourth-order valence-corrected chi connectivity index (χ4v) is 4.06. The van der Waals surface area contributed by atoms with Crippen LogP contribution in [0.1, 0.15) is 98.3 Å². The van der Waals surface area contributed by atoms with Crippen LogP contribution in [0.4, 0.5) is 0 Å². The summed E-state index contributed by atoms with van der Waals surface area (Å²) in [5, 5.41) is 0. The van der Waals surface area contributed by atoms with Crippen LogP contribution in [0.15, 0.2) is 0 Å². The van der Waals surface area contributed by atoms with Crippen LogP contribution < -0.4 is 0 Å². The summed E-state index contributed by atoms with van der Waals surface area (Å²) < 4.78 is 0. The minimum Gasteiger partial charge on any atom is -0.0651 e. The predicted molar refractivity (Wildman–Crippen MR) is 87.4 cm³/mol. The average Bonchev–Trinajstić information content (AvgIpc) is 2.96. The minimum atomic E-state index is 1.07. The molecule has 0 bridgehead atoms. The normalized spacial score (nSPS) is 34.7. The zero-order chi connectivity index (χ0) is 14.1. The predicted octanol–water partition coefficient (Wildman–Crippen LogP) is 6.84. The van der Waals surface area contributed by atoms with E-state index in [0.29, 0.717) is 0 Å². The number of hydrogen-bond acceptors (Lipinski definition) is 0. The lowest BCUT2D eigenvalue weighted by Gasteiger charge is -2.27. The molecule has 4 unspecified atom stereocenters. The van der Waals surface area contributed by atoms with E-state index in [9.17, 15) is 0 Å². The van der Waals surface area contributed by atoms with E-state index >= 15 is 0 Å². The molecule has 0 radical (unpaired) electrons. The summed E-state index contributed by atoms with van der Waals surface area (Å²) in [6.07, 6.45) is 16.2. The SMILES string of the molecule is CCC1CCC(CC)C1.CCC1CCCC(CC)C1. The van der Waals surface area contributed by atoms with Gasteiger partial charge >= 0.3 is 0 Å². The fourth-order valence-electron chi connectivity index (χ4n) is 4.06. The summed E-state index contributed by atoms with van der Waals surface area (Å²) in [5.74, 6) is 4.29. The van der Waals surface area contributed by atoms with Gasteiger partial charge in [-0.05, 0) is 36.5 Å². The standard InChI is InChI=1S/C10H20.C9H18/c1-3-9-6-5-7-10(4-2)8-9;1-3-8-5-6-9(4-2)7-8/h9-10H,3-8H2,1-2H3;8-9H,3-7H2,1-2H3. The number of hydrogen-bond donors (Lipinski definition) is 0. The minimum absolute atomic E-state index is 1.07. The first kappa shape index (κ1) is 17.1. The Morgan fingerprint density at radius 3 is 1.11 bits per heavy atom. The van der Waals surface area contributed by atoms with Crippen molar-refractivity contribution in [2.45, 2.75) is 98.3 Å². The zero-order valence-electron chi connectivity index (χ0n) is 14.1. The van der Waals surface area contributed by atoms with E-state index in [2.05, 4.69) is 27.7 Å². The number of rotatable bonds is 4. The summed E-state index contributed by atoms with van der Waals surface area (Å²) >= 11 is 0. The van der Waals surface area contributed by atoms with Crippen LogP contribution in [-0.2, 0) is 0 Å². The molecule has 0 aromatic rings. The van der Waals surface area contributed by atoms with Crippen LogP contribution in [-0.4, -0.2) is 0 Å². The van der Waals surface area contributed by atoms with Gasteiger partial charge in [-0.15, -0.1) is 0 Å². The highest BCUT2D eigenvalue weighted by Gasteiger charge is 2.21. The highest BCUT2D eigenvalue weighted by Crippen LogP contribution is 2.34. The van der Waals surface area contributed by atoms with E-state index < -0.39 is 0 Å². The Kier molecular flexibility index (Phi) is 8.83. The van der Waals surface area contributed by atoms with Gasteiger partial charge < -0.3 is 0 Å². The quantitative estimate of drug-likeness (QED) is 0.523. The first-order chi connectivity index (χ1) is 9.23. The summed E-state index contributed by atoms with van der Waals surface area (Å²) in [6.45, 7) is 9.32. The van der Waals surface area contributed by atoms with Gasteiger partial charge in [-0.25, -0.2) is 0 Å². The van der Waals surface area contributed by atoms with Gasteiger partial charge in [0.2, 0.25) is 0 Å². The van der Waals surface area contributed by atoms with E-state index in [0.717, 1.165) is 23.7 Å². The molecule has 0 spiro atoms. The van der Waals surface area contributed by atoms with E-state index in [1.165, 1.54) is 70.6 Å². The maximum absolute atomic E-state index is 2.34. The fraction of sp³-hybridized carbons (Fsp3) is 1.00. The summed E-state index contributed by atoms with van der Waals surface area (Å²) in [6, 6.07) is 0. The smallest absolute Gasteiger partial charge is 0.0414 e. The Hall–Kier alpha value is 0. The topological polar surface area (TPSA) is 0 Å². The second-order valence-corrected chi connectivity index (χ2v) is 7.08. The van der Waals surface area contributed by atoms with Gasteiger partial charge in [-0.3, -0.25) is 0 Å². The van der Waals surface area contributed by atoms with E-state index in [-0.39, 0.29) is 0 Å². The van der Waals surface area contributed by atoms with Crippen molar-refractivity contribution in [2.24, 2.45) is 23.7 Å². The molecule has 0 heteroatoms. The Morgan fingerprint density at radius 2 is 0.842 bits per heavy atom. The highest BCUT2D eigenvalue weighted by molar-refractivity contribution is 4.73. The molecule has 2 rings (SSSR count). The zero-order valence-corrected chi connectivity index (χ0v) is 14.1. The summed E-state index contributed by atoms with van der Waals surface area (Å²) in [5.41, 5.74) is 0.